The Kier molecular flexibility index (Phi) is 3.05. The fraction of sp³-hybridized carbons (Fsp3) is 0.455. The van der Waals surface area contributed by atoms with E-state index < -0.39 is 9.84 Å². The van der Waals surface area contributed by atoms with Crippen LogP contribution in [0.3, 0.4) is 0 Å². The first kappa shape index (κ1) is 11.3. The molecule has 1 aromatic heterocycles. The van der Waals surface area contributed by atoms with E-state index in [0.717, 1.165) is 6.42 Å². The van der Waals surface area contributed by atoms with Crippen molar-refractivity contribution >= 4 is 9.84 Å². The Balaban J connectivity index is 2.06. The van der Waals surface area contributed by atoms with Crippen LogP contribution in [0, 0.1) is 11.8 Å². The van der Waals surface area contributed by atoms with Crippen molar-refractivity contribution in [2.75, 3.05) is 5.75 Å². The molecule has 2 rings (SSSR count). The van der Waals surface area contributed by atoms with E-state index in [-0.39, 0.29) is 16.8 Å². The second-order valence-electron chi connectivity index (χ2n) is 4.00. The lowest BCUT2D eigenvalue weighted by Gasteiger charge is -2.00. The number of allylic oxidation sites excluding steroid dienone is 2. The molecule has 0 unspecified atom stereocenters. The lowest BCUT2D eigenvalue weighted by atomic mass is 10.3. The maximum atomic E-state index is 11.9. The molecular weight excluding hydrogens is 224 g/mol. The molecule has 1 heterocycles. The summed E-state index contributed by atoms with van der Waals surface area (Å²) < 4.78 is 23.8. The lowest BCUT2D eigenvalue weighted by molar-refractivity contribution is 0.582. The number of rotatable bonds is 4. The van der Waals surface area contributed by atoms with E-state index >= 15 is 0 Å². The first-order chi connectivity index (χ1) is 7.63. The van der Waals surface area contributed by atoms with E-state index in [1.54, 1.807) is 6.07 Å². The Bertz CT molecular complexity index is 482. The van der Waals surface area contributed by atoms with Gasteiger partial charge in [0, 0.05) is 12.4 Å². The van der Waals surface area contributed by atoms with Crippen molar-refractivity contribution < 1.29 is 8.42 Å². The van der Waals surface area contributed by atoms with Gasteiger partial charge < -0.3 is 0 Å². The minimum atomic E-state index is -3.30. The van der Waals surface area contributed by atoms with Gasteiger partial charge in [-0.2, -0.15) is 0 Å². The summed E-state index contributed by atoms with van der Waals surface area (Å²) in [6.45, 7) is 1.95. The van der Waals surface area contributed by atoms with Crippen molar-refractivity contribution in [1.29, 1.82) is 0 Å². The van der Waals surface area contributed by atoms with Crippen LogP contribution in [0.5, 0.6) is 0 Å². The molecule has 1 aliphatic carbocycles. The van der Waals surface area contributed by atoms with Gasteiger partial charge in [-0.1, -0.05) is 12.2 Å². The summed E-state index contributed by atoms with van der Waals surface area (Å²) in [4.78, 5) is 7.57. The van der Waals surface area contributed by atoms with E-state index in [2.05, 4.69) is 16.0 Å². The van der Waals surface area contributed by atoms with Crippen molar-refractivity contribution in [2.45, 2.75) is 18.5 Å². The fourth-order valence-electron chi connectivity index (χ4n) is 1.75. The predicted molar refractivity (Wildman–Crippen MR) is 60.5 cm³/mol. The normalized spacial score (nSPS) is 24.8. The number of sulfone groups is 1. The highest BCUT2D eigenvalue weighted by molar-refractivity contribution is 7.91. The Morgan fingerprint density at radius 1 is 1.44 bits per heavy atom. The minimum absolute atomic E-state index is 0.0545. The highest BCUT2D eigenvalue weighted by Crippen LogP contribution is 2.41. The number of hydrogen-bond donors (Lipinski definition) is 0. The van der Waals surface area contributed by atoms with Crippen molar-refractivity contribution in [3.8, 4) is 0 Å². The van der Waals surface area contributed by atoms with Gasteiger partial charge in [0.1, 0.15) is 0 Å². The van der Waals surface area contributed by atoms with Crippen molar-refractivity contribution in [3.05, 3.63) is 30.6 Å². The van der Waals surface area contributed by atoms with Crippen molar-refractivity contribution in [3.63, 3.8) is 0 Å². The quantitative estimate of drug-likeness (QED) is 0.588. The van der Waals surface area contributed by atoms with E-state index in [4.69, 9.17) is 0 Å². The smallest absolute Gasteiger partial charge is 0.227 e. The third-order valence-electron chi connectivity index (χ3n) is 2.67. The van der Waals surface area contributed by atoms with Gasteiger partial charge in [-0.05, 0) is 31.2 Å². The number of hydrogen-bond acceptors (Lipinski definition) is 4. The topological polar surface area (TPSA) is 59.9 Å². The summed E-state index contributed by atoms with van der Waals surface area (Å²) in [5, 5.41) is -0.0545. The van der Waals surface area contributed by atoms with E-state index in [0.29, 0.717) is 5.92 Å². The molecular formula is C11H14N2O2S. The van der Waals surface area contributed by atoms with Crippen LogP contribution in [-0.2, 0) is 9.84 Å². The SMILES string of the molecule is C/C=C/[C@@H]1C[C@@H]1CS(=O)(=O)c1ncccn1. The number of aromatic nitrogens is 2. The summed E-state index contributed by atoms with van der Waals surface area (Å²) in [5.74, 6) is 0.819. The van der Waals surface area contributed by atoms with Gasteiger partial charge in [-0.15, -0.1) is 0 Å². The molecule has 86 valence electrons. The van der Waals surface area contributed by atoms with Gasteiger partial charge in [0.2, 0.25) is 15.0 Å². The first-order valence-electron chi connectivity index (χ1n) is 5.26. The van der Waals surface area contributed by atoms with Gasteiger partial charge in [0.05, 0.1) is 5.75 Å². The fourth-order valence-corrected chi connectivity index (χ4v) is 3.29. The zero-order valence-corrected chi connectivity index (χ0v) is 9.89. The Hall–Kier alpha value is -1.23. The molecule has 0 amide bonds. The molecule has 1 fully saturated rings. The molecule has 0 bridgehead atoms. The summed E-state index contributed by atoms with van der Waals surface area (Å²) in [5.41, 5.74) is 0. The Morgan fingerprint density at radius 3 is 2.75 bits per heavy atom. The molecule has 0 spiro atoms. The molecule has 0 aliphatic heterocycles. The minimum Gasteiger partial charge on any atom is -0.227 e. The van der Waals surface area contributed by atoms with Crippen LogP contribution in [0.25, 0.3) is 0 Å². The third kappa shape index (κ3) is 2.47. The molecule has 0 N–H and O–H groups in total. The first-order valence-corrected chi connectivity index (χ1v) is 6.91. The van der Waals surface area contributed by atoms with Gasteiger partial charge in [-0.3, -0.25) is 0 Å². The third-order valence-corrected chi connectivity index (χ3v) is 4.30. The summed E-state index contributed by atoms with van der Waals surface area (Å²) >= 11 is 0. The highest BCUT2D eigenvalue weighted by atomic mass is 32.2. The molecule has 2 atom stereocenters. The highest BCUT2D eigenvalue weighted by Gasteiger charge is 2.39. The van der Waals surface area contributed by atoms with Crippen molar-refractivity contribution in [1.82, 2.24) is 9.97 Å². The van der Waals surface area contributed by atoms with Crippen LogP contribution in [0.15, 0.2) is 35.8 Å². The molecule has 1 aromatic rings. The summed E-state index contributed by atoms with van der Waals surface area (Å²) in [6, 6.07) is 1.61. The zero-order valence-electron chi connectivity index (χ0n) is 9.07. The largest absolute Gasteiger partial charge is 0.247 e. The molecule has 16 heavy (non-hydrogen) atoms. The summed E-state index contributed by atoms with van der Waals surface area (Å²) in [7, 11) is -3.30. The lowest BCUT2D eigenvalue weighted by Crippen LogP contribution is -2.12. The van der Waals surface area contributed by atoms with Crippen LogP contribution in [0.2, 0.25) is 0 Å². The van der Waals surface area contributed by atoms with Crippen LogP contribution < -0.4 is 0 Å². The van der Waals surface area contributed by atoms with Gasteiger partial charge in [-0.25, -0.2) is 18.4 Å². The molecule has 0 saturated heterocycles. The molecule has 0 aromatic carbocycles. The summed E-state index contributed by atoms with van der Waals surface area (Å²) in [6.07, 6.45) is 7.89. The standard InChI is InChI=1S/C11H14N2O2S/c1-2-4-9-7-10(9)8-16(14,15)11-12-5-3-6-13-11/h2-6,9-10H,7-8H2,1H3/b4-2+/t9-,10-/m1/s1. The predicted octanol–water partition coefficient (Wildman–Crippen LogP) is 1.46. The van der Waals surface area contributed by atoms with Gasteiger partial charge in [0.25, 0.3) is 0 Å². The average molecular weight is 238 g/mol. The maximum absolute atomic E-state index is 11.9. The molecule has 1 saturated carbocycles. The average Bonchev–Trinajstić information content (AvgIpc) is 2.97. The number of nitrogens with zero attached hydrogens (tertiary/aromatic N) is 2. The Morgan fingerprint density at radius 2 is 2.12 bits per heavy atom. The van der Waals surface area contributed by atoms with Crippen LogP contribution in [0.1, 0.15) is 13.3 Å². The van der Waals surface area contributed by atoms with E-state index in [1.165, 1.54) is 12.4 Å². The van der Waals surface area contributed by atoms with E-state index in [9.17, 15) is 8.42 Å². The molecule has 1 aliphatic rings. The van der Waals surface area contributed by atoms with E-state index in [1.807, 2.05) is 13.0 Å². The maximum Gasteiger partial charge on any atom is 0.247 e. The van der Waals surface area contributed by atoms with Crippen molar-refractivity contribution in [2.24, 2.45) is 11.8 Å². The molecule has 0 radical (unpaired) electrons. The zero-order chi connectivity index (χ0) is 11.6. The van der Waals surface area contributed by atoms with Crippen LogP contribution >= 0.6 is 0 Å². The second kappa shape index (κ2) is 4.33. The molecule has 4 nitrogen and oxygen atoms in total. The second-order valence-corrected chi connectivity index (χ2v) is 5.93. The monoisotopic (exact) mass is 238 g/mol. The Labute approximate surface area is 95.4 Å². The van der Waals surface area contributed by atoms with Crippen LogP contribution in [-0.4, -0.2) is 24.1 Å². The molecule has 5 heteroatoms. The van der Waals surface area contributed by atoms with Gasteiger partial charge in [0.15, 0.2) is 0 Å². The van der Waals surface area contributed by atoms with Gasteiger partial charge >= 0.3 is 0 Å². The van der Waals surface area contributed by atoms with Crippen LogP contribution in [0.4, 0.5) is 0 Å².